The molecule has 3 aromatic rings. The summed E-state index contributed by atoms with van der Waals surface area (Å²) in [4.78, 5) is 11.0. The van der Waals surface area contributed by atoms with Gasteiger partial charge in [0.2, 0.25) is 0 Å². The van der Waals surface area contributed by atoms with E-state index in [0.717, 1.165) is 0 Å². The van der Waals surface area contributed by atoms with E-state index in [0.29, 0.717) is 17.2 Å². The molecule has 0 aliphatic rings. The fraction of sp³-hybridized carbons (Fsp3) is 0.174. The van der Waals surface area contributed by atoms with Gasteiger partial charge >= 0.3 is 178 Å². The van der Waals surface area contributed by atoms with Gasteiger partial charge in [0.1, 0.15) is 0 Å². The van der Waals surface area contributed by atoms with E-state index in [1.54, 1.807) is 24.3 Å². The van der Waals surface area contributed by atoms with Crippen molar-refractivity contribution in [3.63, 3.8) is 0 Å². The Morgan fingerprint density at radius 1 is 0.968 bits per heavy atom. The molecule has 162 valence electrons. The van der Waals surface area contributed by atoms with Crippen LogP contribution in [0.1, 0.15) is 24.2 Å². The zero-order valence-corrected chi connectivity index (χ0v) is 20.0. The number of benzene rings is 3. The SMILES string of the molecule is CC[As](CC)c1cccc(Oc2ccccc2NS(=O)(=O)c2ccc(C(=O)O)cc2)c1. The molecule has 0 spiro atoms. The fourth-order valence-electron chi connectivity index (χ4n) is 3.08. The van der Waals surface area contributed by atoms with Gasteiger partial charge in [-0.15, -0.1) is 0 Å². The predicted octanol–water partition coefficient (Wildman–Crippen LogP) is 4.72. The van der Waals surface area contributed by atoms with Crippen molar-refractivity contribution < 1.29 is 23.1 Å². The van der Waals surface area contributed by atoms with Gasteiger partial charge in [0, 0.05) is 0 Å². The van der Waals surface area contributed by atoms with Crippen LogP contribution in [0.4, 0.5) is 5.69 Å². The number of ether oxygens (including phenoxy) is 1. The van der Waals surface area contributed by atoms with Crippen LogP contribution in [0.15, 0.2) is 77.7 Å². The first-order valence-corrected chi connectivity index (χ1v) is 14.9. The van der Waals surface area contributed by atoms with E-state index < -0.39 is 30.6 Å². The Kier molecular flexibility index (Phi) is 7.41. The van der Waals surface area contributed by atoms with Gasteiger partial charge in [-0.1, -0.05) is 0 Å². The van der Waals surface area contributed by atoms with Crippen molar-refractivity contribution in [3.05, 3.63) is 78.4 Å². The molecule has 0 saturated carbocycles. The molecular weight excluding hydrogens is 477 g/mol. The molecule has 0 amide bonds. The second-order valence-corrected chi connectivity index (χ2v) is 14.4. The molecule has 0 saturated heterocycles. The first kappa shape index (κ1) is 22.9. The zero-order valence-electron chi connectivity index (χ0n) is 17.3. The molecule has 0 fully saturated rings. The summed E-state index contributed by atoms with van der Waals surface area (Å²) in [5.41, 5.74) is 0.319. The van der Waals surface area contributed by atoms with Gasteiger partial charge in [-0.25, -0.2) is 4.79 Å². The molecule has 0 aliphatic carbocycles. The van der Waals surface area contributed by atoms with E-state index in [4.69, 9.17) is 9.84 Å². The molecular formula is C23H24AsNO5S. The third-order valence-corrected chi connectivity index (χ3v) is 11.4. The van der Waals surface area contributed by atoms with Crippen molar-refractivity contribution in [2.45, 2.75) is 29.2 Å². The van der Waals surface area contributed by atoms with E-state index in [9.17, 15) is 13.2 Å². The second kappa shape index (κ2) is 10.0. The van der Waals surface area contributed by atoms with E-state index in [1.807, 2.05) is 18.2 Å². The Hall–Kier alpha value is -2.76. The molecule has 31 heavy (non-hydrogen) atoms. The molecule has 0 heterocycles. The van der Waals surface area contributed by atoms with Crippen LogP contribution in [0, 0.1) is 0 Å². The van der Waals surface area contributed by atoms with Crippen LogP contribution >= 0.6 is 0 Å². The van der Waals surface area contributed by atoms with Crippen molar-refractivity contribution in [2.75, 3.05) is 4.72 Å². The molecule has 0 aromatic heterocycles. The van der Waals surface area contributed by atoms with Gasteiger partial charge in [-0.2, -0.15) is 0 Å². The van der Waals surface area contributed by atoms with Crippen LogP contribution in [0.25, 0.3) is 0 Å². The molecule has 3 aromatic carbocycles. The van der Waals surface area contributed by atoms with E-state index in [2.05, 4.69) is 24.6 Å². The van der Waals surface area contributed by atoms with Crippen molar-refractivity contribution in [1.29, 1.82) is 0 Å². The molecule has 0 aliphatic heterocycles. The number of hydrogen-bond donors (Lipinski definition) is 2. The number of aromatic carboxylic acids is 1. The molecule has 3 rings (SSSR count). The molecule has 2 N–H and O–H groups in total. The maximum atomic E-state index is 12.8. The van der Waals surface area contributed by atoms with Crippen LogP contribution in [0.3, 0.4) is 0 Å². The summed E-state index contributed by atoms with van der Waals surface area (Å²) in [6.45, 7) is 4.42. The third kappa shape index (κ3) is 5.69. The van der Waals surface area contributed by atoms with Gasteiger partial charge in [0.05, 0.1) is 0 Å². The first-order chi connectivity index (χ1) is 14.8. The maximum absolute atomic E-state index is 12.8. The van der Waals surface area contributed by atoms with E-state index >= 15 is 0 Å². The second-order valence-electron chi connectivity index (χ2n) is 6.70. The normalized spacial score (nSPS) is 11.3. The van der Waals surface area contributed by atoms with Gasteiger partial charge in [-0.3, -0.25) is 0 Å². The zero-order chi connectivity index (χ0) is 22.4. The van der Waals surface area contributed by atoms with Crippen LogP contribution < -0.4 is 13.8 Å². The Morgan fingerprint density at radius 3 is 2.29 bits per heavy atom. The van der Waals surface area contributed by atoms with Crippen LogP contribution in [-0.4, -0.2) is 34.1 Å². The number of carboxylic acid groups (broad SMARTS) is 1. The molecule has 0 unspecified atom stereocenters. The molecule has 8 heteroatoms. The molecule has 0 atom stereocenters. The van der Waals surface area contributed by atoms with Crippen LogP contribution in [-0.2, 0) is 10.0 Å². The Labute approximate surface area is 187 Å². The number of anilines is 1. The van der Waals surface area contributed by atoms with Crippen LogP contribution in [0.2, 0.25) is 10.4 Å². The number of nitrogens with one attached hydrogen (secondary N) is 1. The van der Waals surface area contributed by atoms with Gasteiger partial charge in [0.15, 0.2) is 0 Å². The number of para-hydroxylation sites is 2. The van der Waals surface area contributed by atoms with Crippen molar-refractivity contribution in [3.8, 4) is 11.5 Å². The molecule has 0 bridgehead atoms. The van der Waals surface area contributed by atoms with Crippen molar-refractivity contribution >= 4 is 40.7 Å². The molecule has 6 nitrogen and oxygen atoms in total. The Balaban J connectivity index is 1.85. The number of carboxylic acids is 1. The monoisotopic (exact) mass is 501 g/mol. The predicted molar refractivity (Wildman–Crippen MR) is 124 cm³/mol. The van der Waals surface area contributed by atoms with Gasteiger partial charge < -0.3 is 5.11 Å². The van der Waals surface area contributed by atoms with E-state index in [1.165, 1.54) is 39.0 Å². The summed E-state index contributed by atoms with van der Waals surface area (Å²) < 4.78 is 35.5. The number of carbonyl (C=O) groups is 1. The van der Waals surface area contributed by atoms with Crippen LogP contribution in [0.5, 0.6) is 11.5 Å². The third-order valence-electron chi connectivity index (χ3n) is 4.72. The summed E-state index contributed by atoms with van der Waals surface area (Å²) in [7, 11) is -3.92. The van der Waals surface area contributed by atoms with Crippen molar-refractivity contribution in [1.82, 2.24) is 0 Å². The summed E-state index contributed by atoms with van der Waals surface area (Å²) in [5.74, 6) is -0.0665. The Bertz CT molecular complexity index is 1160. The Morgan fingerprint density at radius 2 is 1.65 bits per heavy atom. The summed E-state index contributed by atoms with van der Waals surface area (Å²) >= 11 is -1.09. The fourth-order valence-corrected chi connectivity index (χ4v) is 7.89. The summed E-state index contributed by atoms with van der Waals surface area (Å²) in [5, 5.41) is 11.3. The van der Waals surface area contributed by atoms with Gasteiger partial charge in [0.25, 0.3) is 0 Å². The number of sulfonamides is 1. The quantitative estimate of drug-likeness (QED) is 0.414. The standard InChI is InChI=1S/C23H24AsNO5S/c1-3-24(4-2)18-8-7-9-19(16-18)30-22-11-6-5-10-21(22)25-31(28,29)20-14-12-17(13-15-20)23(26)27/h5-16,25H,3-4H2,1-2H3,(H,26,27). The first-order valence-electron chi connectivity index (χ1n) is 9.82. The minimum atomic E-state index is -3.92. The van der Waals surface area contributed by atoms with Crippen molar-refractivity contribution in [2.24, 2.45) is 0 Å². The molecule has 0 radical (unpaired) electrons. The van der Waals surface area contributed by atoms with E-state index in [-0.39, 0.29) is 10.5 Å². The number of rotatable bonds is 9. The average molecular weight is 501 g/mol. The average Bonchev–Trinajstić information content (AvgIpc) is 2.76. The minimum absolute atomic E-state index is 0.0174. The topological polar surface area (TPSA) is 92.7 Å². The summed E-state index contributed by atoms with van der Waals surface area (Å²) in [6, 6.07) is 19.9. The number of hydrogen-bond acceptors (Lipinski definition) is 4. The summed E-state index contributed by atoms with van der Waals surface area (Å²) in [6.07, 6.45) is 0. The van der Waals surface area contributed by atoms with Gasteiger partial charge in [-0.05, 0) is 0 Å².